The number of rotatable bonds is 5. The van der Waals surface area contributed by atoms with Gasteiger partial charge in [0.05, 0.1) is 11.4 Å². The van der Waals surface area contributed by atoms with Crippen LogP contribution in [0.15, 0.2) is 59.4 Å². The summed E-state index contributed by atoms with van der Waals surface area (Å²) in [6, 6.07) is 15.4. The van der Waals surface area contributed by atoms with Crippen molar-refractivity contribution < 1.29 is 9.18 Å². The van der Waals surface area contributed by atoms with Crippen LogP contribution in [0.1, 0.15) is 17.7 Å². The molecule has 0 radical (unpaired) electrons. The van der Waals surface area contributed by atoms with Crippen molar-refractivity contribution in [2.24, 2.45) is 7.05 Å². The van der Waals surface area contributed by atoms with E-state index in [1.54, 1.807) is 30.8 Å². The number of halogens is 1. The molecule has 1 amide bonds. The molecule has 1 heterocycles. The molecule has 0 saturated carbocycles. The van der Waals surface area contributed by atoms with E-state index in [4.69, 9.17) is 0 Å². The summed E-state index contributed by atoms with van der Waals surface area (Å²) in [5, 5.41) is 2.71. The summed E-state index contributed by atoms with van der Waals surface area (Å²) in [5.41, 5.74) is 2.11. The number of aromatic nitrogens is 2. The van der Waals surface area contributed by atoms with E-state index in [-0.39, 0.29) is 29.4 Å². The Labute approximate surface area is 150 Å². The van der Waals surface area contributed by atoms with Crippen LogP contribution in [0.2, 0.25) is 0 Å². The van der Waals surface area contributed by atoms with Crippen molar-refractivity contribution in [3.63, 3.8) is 0 Å². The lowest BCUT2D eigenvalue weighted by Crippen LogP contribution is -2.23. The van der Waals surface area contributed by atoms with Crippen LogP contribution in [0.5, 0.6) is 0 Å². The Morgan fingerprint density at radius 3 is 2.54 bits per heavy atom. The van der Waals surface area contributed by atoms with Gasteiger partial charge in [-0.1, -0.05) is 30.3 Å². The number of nitrogens with zero attached hydrogens (tertiary/aromatic N) is 2. The lowest BCUT2D eigenvalue weighted by molar-refractivity contribution is -0.116. The Balaban J connectivity index is 1.78. The van der Waals surface area contributed by atoms with Crippen LogP contribution in [-0.2, 0) is 18.3 Å². The van der Waals surface area contributed by atoms with E-state index < -0.39 is 0 Å². The average molecular weight is 353 g/mol. The molecule has 1 N–H and O–H groups in total. The summed E-state index contributed by atoms with van der Waals surface area (Å²) in [7, 11) is 1.77. The summed E-state index contributed by atoms with van der Waals surface area (Å²) in [5.74, 6) is -0.604. The van der Waals surface area contributed by atoms with Crippen LogP contribution in [0.3, 0.4) is 0 Å². The molecule has 5 nitrogen and oxygen atoms in total. The second-order valence-corrected chi connectivity index (χ2v) is 6.11. The molecule has 6 heteroatoms. The van der Waals surface area contributed by atoms with Crippen molar-refractivity contribution in [1.29, 1.82) is 0 Å². The van der Waals surface area contributed by atoms with Gasteiger partial charge < -0.3 is 5.32 Å². The van der Waals surface area contributed by atoms with Crippen molar-refractivity contribution in [1.82, 2.24) is 9.36 Å². The highest BCUT2D eigenvalue weighted by Gasteiger charge is 2.17. The molecule has 0 atom stereocenters. The van der Waals surface area contributed by atoms with Gasteiger partial charge in [0.25, 0.3) is 5.56 Å². The summed E-state index contributed by atoms with van der Waals surface area (Å²) < 4.78 is 16.4. The second-order valence-electron chi connectivity index (χ2n) is 6.11. The van der Waals surface area contributed by atoms with Crippen LogP contribution < -0.4 is 10.9 Å². The second kappa shape index (κ2) is 7.39. The molecular formula is C20H20FN3O2. The predicted molar refractivity (Wildman–Crippen MR) is 99.1 cm³/mol. The maximum atomic E-state index is 13.2. The molecule has 134 valence electrons. The van der Waals surface area contributed by atoms with Crippen LogP contribution in [-0.4, -0.2) is 15.3 Å². The largest absolute Gasteiger partial charge is 0.320 e. The SMILES string of the molecule is Cc1c(NC(=O)CCc2cccc(F)c2)c(=O)n(-c2ccccc2)n1C. The van der Waals surface area contributed by atoms with Crippen molar-refractivity contribution in [2.75, 3.05) is 5.32 Å². The van der Waals surface area contributed by atoms with Crippen molar-refractivity contribution in [3.05, 3.63) is 82.0 Å². The lowest BCUT2D eigenvalue weighted by Gasteiger charge is -2.07. The fourth-order valence-corrected chi connectivity index (χ4v) is 2.86. The van der Waals surface area contributed by atoms with Gasteiger partial charge in [-0.2, -0.15) is 0 Å². The summed E-state index contributed by atoms with van der Waals surface area (Å²) in [4.78, 5) is 25.0. The molecule has 0 fully saturated rings. The van der Waals surface area contributed by atoms with Crippen molar-refractivity contribution in [3.8, 4) is 5.69 Å². The molecule has 3 aromatic rings. The number of hydrogen-bond acceptors (Lipinski definition) is 2. The minimum absolute atomic E-state index is 0.169. The van der Waals surface area contributed by atoms with Crippen LogP contribution >= 0.6 is 0 Å². The van der Waals surface area contributed by atoms with Crippen LogP contribution in [0, 0.1) is 12.7 Å². The highest BCUT2D eigenvalue weighted by molar-refractivity contribution is 5.91. The van der Waals surface area contributed by atoms with Gasteiger partial charge in [-0.05, 0) is 43.2 Å². The minimum atomic E-state index is -0.326. The topological polar surface area (TPSA) is 56.0 Å². The number of para-hydroxylation sites is 1. The Morgan fingerprint density at radius 2 is 1.85 bits per heavy atom. The summed E-state index contributed by atoms with van der Waals surface area (Å²) >= 11 is 0. The molecule has 0 aliphatic carbocycles. The van der Waals surface area contributed by atoms with Gasteiger partial charge >= 0.3 is 0 Å². The summed E-state index contributed by atoms with van der Waals surface area (Å²) in [6.07, 6.45) is 0.574. The Hall–Kier alpha value is -3.15. The highest BCUT2D eigenvalue weighted by Crippen LogP contribution is 2.14. The van der Waals surface area contributed by atoms with Gasteiger partial charge in [-0.3, -0.25) is 14.3 Å². The molecule has 0 aliphatic rings. The van der Waals surface area contributed by atoms with E-state index in [9.17, 15) is 14.0 Å². The van der Waals surface area contributed by atoms with E-state index in [2.05, 4.69) is 5.32 Å². The Kier molecular flexibility index (Phi) is 5.02. The van der Waals surface area contributed by atoms with Gasteiger partial charge in [0.15, 0.2) is 0 Å². The molecule has 2 aromatic carbocycles. The van der Waals surface area contributed by atoms with E-state index in [0.717, 1.165) is 11.3 Å². The van der Waals surface area contributed by atoms with E-state index >= 15 is 0 Å². The first-order chi connectivity index (χ1) is 12.5. The predicted octanol–water partition coefficient (Wildman–Crippen LogP) is 3.19. The maximum Gasteiger partial charge on any atom is 0.295 e. The maximum absolute atomic E-state index is 13.2. The molecule has 26 heavy (non-hydrogen) atoms. The normalized spacial score (nSPS) is 10.7. The van der Waals surface area contributed by atoms with E-state index in [0.29, 0.717) is 12.1 Å². The molecule has 0 spiro atoms. The number of aryl methyl sites for hydroxylation is 1. The third-order valence-corrected chi connectivity index (χ3v) is 4.35. The first kappa shape index (κ1) is 17.7. The third-order valence-electron chi connectivity index (χ3n) is 4.35. The van der Waals surface area contributed by atoms with Gasteiger partial charge in [0.1, 0.15) is 11.5 Å². The molecular weight excluding hydrogens is 333 g/mol. The zero-order valence-electron chi connectivity index (χ0n) is 14.7. The minimum Gasteiger partial charge on any atom is -0.320 e. The number of benzene rings is 2. The zero-order valence-corrected chi connectivity index (χ0v) is 14.7. The number of nitrogens with one attached hydrogen (secondary N) is 1. The fraction of sp³-hybridized carbons (Fsp3) is 0.200. The number of carbonyl (C=O) groups excluding carboxylic acids is 1. The van der Waals surface area contributed by atoms with Gasteiger partial charge in [-0.15, -0.1) is 0 Å². The molecule has 0 aliphatic heterocycles. The van der Waals surface area contributed by atoms with Gasteiger partial charge in [-0.25, -0.2) is 9.07 Å². The molecule has 1 aromatic heterocycles. The van der Waals surface area contributed by atoms with Crippen LogP contribution in [0.4, 0.5) is 10.1 Å². The summed E-state index contributed by atoms with van der Waals surface area (Å²) in [6.45, 7) is 1.78. The lowest BCUT2D eigenvalue weighted by atomic mass is 10.1. The molecule has 3 rings (SSSR count). The smallest absolute Gasteiger partial charge is 0.295 e. The number of anilines is 1. The molecule has 0 unspecified atom stereocenters. The standard InChI is InChI=1S/C20H20FN3O2/c1-14-19(20(26)24(23(14)2)17-9-4-3-5-10-17)22-18(25)12-11-15-7-6-8-16(21)13-15/h3-10,13H,11-12H2,1-2H3,(H,22,25). The zero-order chi connectivity index (χ0) is 18.7. The molecule has 0 saturated heterocycles. The van der Waals surface area contributed by atoms with E-state index in [1.165, 1.54) is 16.8 Å². The average Bonchev–Trinajstić information content (AvgIpc) is 2.84. The van der Waals surface area contributed by atoms with E-state index in [1.807, 2.05) is 30.3 Å². The third kappa shape index (κ3) is 3.59. The highest BCUT2D eigenvalue weighted by atomic mass is 19.1. The molecule has 0 bridgehead atoms. The first-order valence-corrected chi connectivity index (χ1v) is 8.35. The number of carbonyl (C=O) groups is 1. The Morgan fingerprint density at radius 1 is 1.12 bits per heavy atom. The van der Waals surface area contributed by atoms with Gasteiger partial charge in [0, 0.05) is 13.5 Å². The number of amides is 1. The number of hydrogen-bond donors (Lipinski definition) is 1. The fourth-order valence-electron chi connectivity index (χ4n) is 2.86. The van der Waals surface area contributed by atoms with Crippen molar-refractivity contribution in [2.45, 2.75) is 19.8 Å². The van der Waals surface area contributed by atoms with Crippen LogP contribution in [0.25, 0.3) is 5.69 Å². The van der Waals surface area contributed by atoms with Gasteiger partial charge in [0.2, 0.25) is 5.91 Å². The monoisotopic (exact) mass is 353 g/mol. The first-order valence-electron chi connectivity index (χ1n) is 8.35. The Bertz CT molecular complexity index is 990. The quantitative estimate of drug-likeness (QED) is 0.766. The van der Waals surface area contributed by atoms with Crippen molar-refractivity contribution >= 4 is 11.6 Å².